The summed E-state index contributed by atoms with van der Waals surface area (Å²) in [6.45, 7) is 8.94. The van der Waals surface area contributed by atoms with Crippen LogP contribution in [-0.2, 0) is 16.6 Å². The number of primary amides is 1. The molecule has 100 valence electrons. The Morgan fingerprint density at radius 1 is 1.33 bits per heavy atom. The monoisotopic (exact) mass is 249 g/mol. The van der Waals surface area contributed by atoms with E-state index < -0.39 is 0 Å². The van der Waals surface area contributed by atoms with Gasteiger partial charge in [0.1, 0.15) is 5.75 Å². The summed E-state index contributed by atoms with van der Waals surface area (Å²) in [6.07, 6.45) is 1.25. The zero-order valence-electron chi connectivity index (χ0n) is 11.7. The third-order valence-electron chi connectivity index (χ3n) is 2.87. The summed E-state index contributed by atoms with van der Waals surface area (Å²) in [5.41, 5.74) is 7.59. The van der Waals surface area contributed by atoms with Gasteiger partial charge < -0.3 is 10.5 Å². The fraction of sp³-hybridized carbons (Fsp3) is 0.533. The summed E-state index contributed by atoms with van der Waals surface area (Å²) in [5, 5.41) is 0. The molecule has 0 radical (unpaired) electrons. The average molecular weight is 249 g/mol. The van der Waals surface area contributed by atoms with Gasteiger partial charge in [-0.15, -0.1) is 0 Å². The molecule has 0 aromatic heterocycles. The first kappa shape index (κ1) is 14.6. The van der Waals surface area contributed by atoms with Crippen molar-refractivity contribution >= 4 is 5.91 Å². The third-order valence-corrected chi connectivity index (χ3v) is 2.87. The van der Waals surface area contributed by atoms with E-state index in [1.54, 1.807) is 0 Å². The minimum Gasteiger partial charge on any atom is -0.493 e. The topological polar surface area (TPSA) is 52.3 Å². The average Bonchev–Trinajstić information content (AvgIpc) is 2.27. The fourth-order valence-corrected chi connectivity index (χ4v) is 1.77. The van der Waals surface area contributed by atoms with Gasteiger partial charge in [0, 0.05) is 0 Å². The van der Waals surface area contributed by atoms with Crippen molar-refractivity contribution in [1.82, 2.24) is 0 Å². The molecule has 18 heavy (non-hydrogen) atoms. The largest absolute Gasteiger partial charge is 0.493 e. The molecule has 3 heteroatoms. The predicted octanol–water partition coefficient (Wildman–Crippen LogP) is 2.80. The van der Waals surface area contributed by atoms with E-state index in [-0.39, 0.29) is 17.7 Å². The number of carbonyl (C=O) groups excluding carboxylic acids is 1. The van der Waals surface area contributed by atoms with Crippen molar-refractivity contribution in [2.24, 2.45) is 5.73 Å². The van der Waals surface area contributed by atoms with E-state index in [1.807, 2.05) is 6.07 Å². The molecular formula is C15H23NO2. The molecule has 1 amide bonds. The maximum absolute atomic E-state index is 10.7. The second-order valence-corrected chi connectivity index (χ2v) is 5.50. The van der Waals surface area contributed by atoms with E-state index >= 15 is 0 Å². The molecule has 1 rings (SSSR count). The number of benzene rings is 1. The number of ether oxygens (including phenoxy) is 1. The standard InChI is InChI=1S/C15H23NO2/c1-5-11-6-7-13(18-9-8-14(16)17)12(10-11)15(2,3)4/h6-7,10H,5,8-9H2,1-4H3,(H2,16,17). The number of rotatable bonds is 5. The van der Waals surface area contributed by atoms with E-state index in [0.29, 0.717) is 6.61 Å². The van der Waals surface area contributed by atoms with E-state index in [0.717, 1.165) is 12.2 Å². The summed E-state index contributed by atoms with van der Waals surface area (Å²) in [6, 6.07) is 6.23. The zero-order chi connectivity index (χ0) is 13.8. The normalized spacial score (nSPS) is 11.3. The number of aryl methyl sites for hydroxylation is 1. The number of hydrogen-bond donors (Lipinski definition) is 1. The van der Waals surface area contributed by atoms with Crippen LogP contribution in [-0.4, -0.2) is 12.5 Å². The Bertz CT molecular complexity index is 419. The highest BCUT2D eigenvalue weighted by molar-refractivity contribution is 5.73. The maximum atomic E-state index is 10.7. The molecule has 0 heterocycles. The second kappa shape index (κ2) is 5.89. The highest BCUT2D eigenvalue weighted by Gasteiger charge is 2.19. The molecule has 0 aliphatic carbocycles. The molecule has 2 N–H and O–H groups in total. The van der Waals surface area contributed by atoms with Gasteiger partial charge >= 0.3 is 0 Å². The molecule has 0 saturated carbocycles. The van der Waals surface area contributed by atoms with E-state index in [2.05, 4.69) is 39.8 Å². The van der Waals surface area contributed by atoms with Crippen molar-refractivity contribution in [3.05, 3.63) is 29.3 Å². The number of nitrogens with two attached hydrogens (primary N) is 1. The van der Waals surface area contributed by atoms with Crippen LogP contribution >= 0.6 is 0 Å². The lowest BCUT2D eigenvalue weighted by Crippen LogP contribution is -2.17. The van der Waals surface area contributed by atoms with Gasteiger partial charge in [0.05, 0.1) is 13.0 Å². The summed E-state index contributed by atoms with van der Waals surface area (Å²) in [5.74, 6) is 0.512. The van der Waals surface area contributed by atoms with Gasteiger partial charge in [-0.2, -0.15) is 0 Å². The molecule has 0 unspecified atom stereocenters. The van der Waals surface area contributed by atoms with Gasteiger partial charge in [-0.05, 0) is 29.0 Å². The van der Waals surface area contributed by atoms with Crippen LogP contribution in [0, 0.1) is 0 Å². The van der Waals surface area contributed by atoms with Crippen molar-refractivity contribution < 1.29 is 9.53 Å². The minimum atomic E-state index is -0.336. The molecule has 1 aromatic rings. The predicted molar refractivity (Wildman–Crippen MR) is 73.8 cm³/mol. The van der Waals surface area contributed by atoms with Gasteiger partial charge in [-0.1, -0.05) is 39.8 Å². The van der Waals surface area contributed by atoms with Crippen molar-refractivity contribution in [3.8, 4) is 5.75 Å². The van der Waals surface area contributed by atoms with Crippen molar-refractivity contribution in [2.45, 2.75) is 46.0 Å². The molecule has 0 saturated heterocycles. The lowest BCUT2D eigenvalue weighted by molar-refractivity contribution is -0.118. The molecule has 0 atom stereocenters. The van der Waals surface area contributed by atoms with Crippen LogP contribution in [0.5, 0.6) is 5.75 Å². The van der Waals surface area contributed by atoms with Gasteiger partial charge in [0.25, 0.3) is 0 Å². The SMILES string of the molecule is CCc1ccc(OCCC(N)=O)c(C(C)(C)C)c1. The second-order valence-electron chi connectivity index (χ2n) is 5.50. The lowest BCUT2D eigenvalue weighted by atomic mass is 9.85. The first-order valence-corrected chi connectivity index (χ1v) is 6.39. The molecule has 0 aliphatic rings. The van der Waals surface area contributed by atoms with E-state index in [4.69, 9.17) is 10.5 Å². The summed E-state index contributed by atoms with van der Waals surface area (Å²) < 4.78 is 5.67. The van der Waals surface area contributed by atoms with Crippen LogP contribution < -0.4 is 10.5 Å². The van der Waals surface area contributed by atoms with Gasteiger partial charge in [-0.3, -0.25) is 4.79 Å². The summed E-state index contributed by atoms with van der Waals surface area (Å²) in [4.78, 5) is 10.7. The Morgan fingerprint density at radius 2 is 2.00 bits per heavy atom. The van der Waals surface area contributed by atoms with Crippen molar-refractivity contribution in [2.75, 3.05) is 6.61 Å². The highest BCUT2D eigenvalue weighted by atomic mass is 16.5. The van der Waals surface area contributed by atoms with Crippen LogP contribution in [0.4, 0.5) is 0 Å². The smallest absolute Gasteiger partial charge is 0.220 e. The van der Waals surface area contributed by atoms with Crippen molar-refractivity contribution in [3.63, 3.8) is 0 Å². The number of hydrogen-bond acceptors (Lipinski definition) is 2. The molecule has 0 spiro atoms. The molecular weight excluding hydrogens is 226 g/mol. The molecule has 0 bridgehead atoms. The Morgan fingerprint density at radius 3 is 2.50 bits per heavy atom. The van der Waals surface area contributed by atoms with E-state index in [9.17, 15) is 4.79 Å². The quantitative estimate of drug-likeness (QED) is 0.872. The minimum absolute atomic E-state index is 0.0211. The van der Waals surface area contributed by atoms with Crippen LogP contribution in [0.3, 0.4) is 0 Å². The van der Waals surface area contributed by atoms with Gasteiger partial charge in [0.15, 0.2) is 0 Å². The number of amides is 1. The Labute approximate surface area is 109 Å². The van der Waals surface area contributed by atoms with Crippen LogP contribution in [0.1, 0.15) is 45.2 Å². The summed E-state index contributed by atoms with van der Waals surface area (Å²) in [7, 11) is 0. The summed E-state index contributed by atoms with van der Waals surface area (Å²) >= 11 is 0. The Balaban J connectivity index is 2.92. The van der Waals surface area contributed by atoms with Crippen LogP contribution in [0.2, 0.25) is 0 Å². The molecule has 0 fully saturated rings. The Kier molecular flexibility index (Phi) is 4.76. The first-order chi connectivity index (χ1) is 8.34. The van der Waals surface area contributed by atoms with Crippen LogP contribution in [0.25, 0.3) is 0 Å². The molecule has 3 nitrogen and oxygen atoms in total. The Hall–Kier alpha value is -1.51. The lowest BCUT2D eigenvalue weighted by Gasteiger charge is -2.23. The van der Waals surface area contributed by atoms with Gasteiger partial charge in [-0.25, -0.2) is 0 Å². The zero-order valence-corrected chi connectivity index (χ0v) is 11.7. The van der Waals surface area contributed by atoms with Crippen LogP contribution in [0.15, 0.2) is 18.2 Å². The third kappa shape index (κ3) is 4.06. The van der Waals surface area contributed by atoms with E-state index in [1.165, 1.54) is 11.1 Å². The van der Waals surface area contributed by atoms with Crippen molar-refractivity contribution in [1.29, 1.82) is 0 Å². The molecule has 0 aliphatic heterocycles. The highest BCUT2D eigenvalue weighted by Crippen LogP contribution is 2.32. The fourth-order valence-electron chi connectivity index (χ4n) is 1.77. The first-order valence-electron chi connectivity index (χ1n) is 6.39. The number of carbonyl (C=O) groups is 1. The van der Waals surface area contributed by atoms with Gasteiger partial charge in [0.2, 0.25) is 5.91 Å². The maximum Gasteiger partial charge on any atom is 0.220 e. The molecule has 1 aromatic carbocycles.